The largest absolute Gasteiger partial charge is 0.366 e. The van der Waals surface area contributed by atoms with Gasteiger partial charge in [0.2, 0.25) is 5.91 Å². The molecule has 3 rings (SSSR count). The third-order valence-electron chi connectivity index (χ3n) is 4.34. The molecule has 2 aromatic rings. The number of benzene rings is 1. The van der Waals surface area contributed by atoms with E-state index in [9.17, 15) is 4.79 Å². The van der Waals surface area contributed by atoms with Crippen LogP contribution in [0.25, 0.3) is 0 Å². The lowest BCUT2D eigenvalue weighted by atomic mass is 9.97. The summed E-state index contributed by atoms with van der Waals surface area (Å²) in [6.45, 7) is 3.45. The maximum absolute atomic E-state index is 12.1. The van der Waals surface area contributed by atoms with Crippen molar-refractivity contribution in [1.29, 1.82) is 0 Å². The Labute approximate surface area is 140 Å². The summed E-state index contributed by atoms with van der Waals surface area (Å²) < 4.78 is 5.03. The summed E-state index contributed by atoms with van der Waals surface area (Å²) >= 11 is 6.16. The van der Waals surface area contributed by atoms with Gasteiger partial charge in [0.1, 0.15) is 6.26 Å². The summed E-state index contributed by atoms with van der Waals surface area (Å²) in [6, 6.07) is 5.90. The van der Waals surface area contributed by atoms with Gasteiger partial charge in [0.25, 0.3) is 0 Å². The summed E-state index contributed by atoms with van der Waals surface area (Å²) in [5.41, 5.74) is 4.23. The fourth-order valence-electron chi connectivity index (χ4n) is 2.99. The van der Waals surface area contributed by atoms with Crippen LogP contribution >= 0.6 is 11.6 Å². The number of anilines is 1. The van der Waals surface area contributed by atoms with Crippen molar-refractivity contribution in [3.8, 4) is 0 Å². The normalized spacial score (nSPS) is 16.5. The molecule has 0 bridgehead atoms. The second kappa shape index (κ2) is 6.24. The van der Waals surface area contributed by atoms with E-state index in [0.717, 1.165) is 35.6 Å². The zero-order valence-electron chi connectivity index (χ0n) is 13.5. The van der Waals surface area contributed by atoms with Crippen LogP contribution in [0.3, 0.4) is 0 Å². The predicted molar refractivity (Wildman–Crippen MR) is 89.8 cm³/mol. The van der Waals surface area contributed by atoms with Gasteiger partial charge in [-0.15, -0.1) is 0 Å². The molecule has 0 fully saturated rings. The number of rotatable bonds is 4. The van der Waals surface area contributed by atoms with E-state index < -0.39 is 0 Å². The zero-order chi connectivity index (χ0) is 16.6. The van der Waals surface area contributed by atoms with E-state index in [1.807, 2.05) is 25.1 Å². The number of carbonyl (C=O) groups is 1. The molecule has 1 aliphatic heterocycles. The minimum absolute atomic E-state index is 0.129. The van der Waals surface area contributed by atoms with Crippen LogP contribution in [-0.4, -0.2) is 36.6 Å². The first-order valence-electron chi connectivity index (χ1n) is 7.60. The molecule has 1 unspecified atom stereocenters. The highest BCUT2D eigenvalue weighted by molar-refractivity contribution is 6.30. The minimum Gasteiger partial charge on any atom is -0.366 e. The highest BCUT2D eigenvalue weighted by atomic mass is 35.5. The molecule has 1 atom stereocenters. The van der Waals surface area contributed by atoms with E-state index in [2.05, 4.69) is 10.1 Å². The van der Waals surface area contributed by atoms with E-state index in [-0.39, 0.29) is 11.8 Å². The smallest absolute Gasteiger partial charge is 0.222 e. The van der Waals surface area contributed by atoms with Gasteiger partial charge >= 0.3 is 0 Å². The first kappa shape index (κ1) is 15.9. The van der Waals surface area contributed by atoms with E-state index in [0.29, 0.717) is 11.4 Å². The highest BCUT2D eigenvalue weighted by Crippen LogP contribution is 2.40. The predicted octanol–water partition coefficient (Wildman–Crippen LogP) is 3.22. The van der Waals surface area contributed by atoms with Crippen LogP contribution in [0.4, 0.5) is 5.69 Å². The third kappa shape index (κ3) is 3.20. The van der Waals surface area contributed by atoms with E-state index in [4.69, 9.17) is 16.1 Å². The molecule has 1 amide bonds. The Hall–Kier alpha value is -2.01. The SMILES string of the molecule is Cc1nocc1CN1CC(CC(=O)N(C)C)c2cc(Cl)ccc21. The number of aromatic nitrogens is 1. The fraction of sp³-hybridized carbons (Fsp3) is 0.412. The molecule has 0 N–H and O–H groups in total. The summed E-state index contributed by atoms with van der Waals surface area (Å²) in [5, 5.41) is 4.64. The van der Waals surface area contributed by atoms with Crippen LogP contribution < -0.4 is 4.90 Å². The van der Waals surface area contributed by atoms with Crippen molar-refractivity contribution in [2.75, 3.05) is 25.5 Å². The molecule has 0 radical (unpaired) electrons. The van der Waals surface area contributed by atoms with Crippen LogP contribution in [0.2, 0.25) is 5.02 Å². The van der Waals surface area contributed by atoms with Gasteiger partial charge in [0.15, 0.2) is 0 Å². The molecule has 2 heterocycles. The van der Waals surface area contributed by atoms with Crippen LogP contribution in [-0.2, 0) is 11.3 Å². The average Bonchev–Trinajstić information content (AvgIpc) is 3.04. The number of hydrogen-bond donors (Lipinski definition) is 0. The maximum atomic E-state index is 12.1. The Bertz CT molecular complexity index is 726. The number of fused-ring (bicyclic) bond motifs is 1. The van der Waals surface area contributed by atoms with E-state index >= 15 is 0 Å². The van der Waals surface area contributed by atoms with Gasteiger partial charge in [-0.2, -0.15) is 0 Å². The average molecular weight is 334 g/mol. The molecule has 0 aliphatic carbocycles. The first-order valence-corrected chi connectivity index (χ1v) is 7.98. The molecule has 5 nitrogen and oxygen atoms in total. The molecule has 0 saturated carbocycles. The third-order valence-corrected chi connectivity index (χ3v) is 4.58. The van der Waals surface area contributed by atoms with E-state index in [1.165, 1.54) is 0 Å². The highest BCUT2D eigenvalue weighted by Gasteiger charge is 2.31. The maximum Gasteiger partial charge on any atom is 0.222 e. The van der Waals surface area contributed by atoms with Crippen LogP contribution in [0.1, 0.15) is 29.2 Å². The van der Waals surface area contributed by atoms with Crippen LogP contribution in [0.5, 0.6) is 0 Å². The van der Waals surface area contributed by atoms with Gasteiger partial charge < -0.3 is 14.3 Å². The lowest BCUT2D eigenvalue weighted by Crippen LogP contribution is -2.26. The molecule has 1 aromatic carbocycles. The monoisotopic (exact) mass is 333 g/mol. The van der Waals surface area contributed by atoms with Gasteiger partial charge in [-0.3, -0.25) is 4.79 Å². The van der Waals surface area contributed by atoms with Crippen LogP contribution in [0.15, 0.2) is 29.0 Å². The Morgan fingerprint density at radius 3 is 2.91 bits per heavy atom. The Morgan fingerprint density at radius 1 is 1.48 bits per heavy atom. The molecule has 0 saturated heterocycles. The lowest BCUT2D eigenvalue weighted by Gasteiger charge is -2.19. The van der Waals surface area contributed by atoms with Crippen molar-refractivity contribution in [2.24, 2.45) is 0 Å². The second-order valence-corrected chi connectivity index (χ2v) is 6.63. The topological polar surface area (TPSA) is 49.6 Å². The zero-order valence-corrected chi connectivity index (χ0v) is 14.3. The van der Waals surface area contributed by atoms with Crippen molar-refractivity contribution < 1.29 is 9.32 Å². The molecular formula is C17H20ClN3O2. The molecular weight excluding hydrogens is 314 g/mol. The van der Waals surface area contributed by atoms with Crippen molar-refractivity contribution >= 4 is 23.2 Å². The number of amides is 1. The molecule has 23 heavy (non-hydrogen) atoms. The van der Waals surface area contributed by atoms with Gasteiger partial charge in [0, 0.05) is 55.8 Å². The minimum atomic E-state index is 0.129. The number of carbonyl (C=O) groups excluding carboxylic acids is 1. The van der Waals surface area contributed by atoms with Gasteiger partial charge in [0.05, 0.1) is 5.69 Å². The Morgan fingerprint density at radius 2 is 2.26 bits per heavy atom. The fourth-order valence-corrected chi connectivity index (χ4v) is 3.17. The number of nitrogens with zero attached hydrogens (tertiary/aromatic N) is 3. The molecule has 122 valence electrons. The lowest BCUT2D eigenvalue weighted by molar-refractivity contribution is -0.129. The molecule has 6 heteroatoms. The van der Waals surface area contributed by atoms with Gasteiger partial charge in [-0.25, -0.2) is 0 Å². The second-order valence-electron chi connectivity index (χ2n) is 6.20. The molecule has 1 aliphatic rings. The summed E-state index contributed by atoms with van der Waals surface area (Å²) in [6.07, 6.45) is 2.17. The van der Waals surface area contributed by atoms with Crippen LogP contribution in [0, 0.1) is 6.92 Å². The number of hydrogen-bond acceptors (Lipinski definition) is 4. The summed E-state index contributed by atoms with van der Waals surface area (Å²) in [5.74, 6) is 0.280. The van der Waals surface area contributed by atoms with Gasteiger partial charge in [-0.1, -0.05) is 16.8 Å². The number of aryl methyl sites for hydroxylation is 1. The Kier molecular flexibility index (Phi) is 4.31. The van der Waals surface area contributed by atoms with Crippen molar-refractivity contribution in [1.82, 2.24) is 10.1 Å². The van der Waals surface area contributed by atoms with E-state index in [1.54, 1.807) is 25.3 Å². The summed E-state index contributed by atoms with van der Waals surface area (Å²) in [4.78, 5) is 16.0. The Balaban J connectivity index is 1.87. The van der Waals surface area contributed by atoms with Crippen molar-refractivity contribution in [2.45, 2.75) is 25.8 Å². The molecule has 1 aromatic heterocycles. The first-order chi connectivity index (χ1) is 11.0. The summed E-state index contributed by atoms with van der Waals surface area (Å²) in [7, 11) is 3.57. The standard InChI is InChI=1S/C17H20ClN3O2/c1-11-13(10-23-19-11)9-21-8-12(6-17(22)20(2)3)15-7-14(18)4-5-16(15)21/h4-5,7,10,12H,6,8-9H2,1-3H3. The van der Waals surface area contributed by atoms with Gasteiger partial charge in [-0.05, 0) is 30.7 Å². The number of halogens is 1. The molecule has 0 spiro atoms. The quantitative estimate of drug-likeness (QED) is 0.862. The van der Waals surface area contributed by atoms with Crippen molar-refractivity contribution in [3.63, 3.8) is 0 Å². The van der Waals surface area contributed by atoms with Crippen molar-refractivity contribution in [3.05, 3.63) is 46.3 Å².